The number of aryl methyl sites for hydroxylation is 2. The molecule has 0 atom stereocenters. The lowest BCUT2D eigenvalue weighted by Gasteiger charge is -2.20. The van der Waals surface area contributed by atoms with Crippen molar-refractivity contribution >= 4 is 21.8 Å². The first-order chi connectivity index (χ1) is 15.3. The van der Waals surface area contributed by atoms with E-state index >= 15 is 0 Å². The van der Waals surface area contributed by atoms with Gasteiger partial charge in [-0.25, -0.2) is 17.5 Å². The average Bonchev–Trinajstić information content (AvgIpc) is 3.05. The zero-order valence-corrected chi connectivity index (χ0v) is 19.8. The lowest BCUT2D eigenvalue weighted by Crippen LogP contribution is -2.36. The number of halogens is 1. The van der Waals surface area contributed by atoms with Gasteiger partial charge >= 0.3 is 0 Å². The molecule has 0 fully saturated rings. The van der Waals surface area contributed by atoms with Crippen molar-refractivity contribution in [2.24, 2.45) is 0 Å². The Hall–Kier alpha value is -2.15. The molecule has 0 saturated heterocycles. The van der Waals surface area contributed by atoms with Crippen LogP contribution in [-0.2, 0) is 35.7 Å². The third kappa shape index (κ3) is 4.12. The van der Waals surface area contributed by atoms with Gasteiger partial charge in [-0.2, -0.15) is 0 Å². The highest BCUT2D eigenvalue weighted by atomic mass is 32.2. The lowest BCUT2D eigenvalue weighted by atomic mass is 9.97. The predicted molar refractivity (Wildman–Crippen MR) is 126 cm³/mol. The van der Waals surface area contributed by atoms with E-state index in [1.165, 1.54) is 29.0 Å². The summed E-state index contributed by atoms with van der Waals surface area (Å²) in [5.74, 6) is -0.200. The Labute approximate surface area is 193 Å². The largest absolute Gasteiger partial charge is 0.241 e. The number of fused-ring (bicyclic) bond motifs is 3. The quantitative estimate of drug-likeness (QED) is 0.540. The van der Waals surface area contributed by atoms with Crippen molar-refractivity contribution in [3.05, 3.63) is 88.2 Å². The van der Waals surface area contributed by atoms with Crippen LogP contribution in [0.3, 0.4) is 0 Å². The maximum absolute atomic E-state index is 13.9. The summed E-state index contributed by atoms with van der Waals surface area (Å²) in [5.41, 5.74) is 5.48. The van der Waals surface area contributed by atoms with Crippen LogP contribution in [0.15, 0.2) is 69.3 Å². The molecular formula is C26H26FNO2S2. The van der Waals surface area contributed by atoms with Gasteiger partial charge in [-0.3, -0.25) is 0 Å². The van der Waals surface area contributed by atoms with E-state index in [1.54, 1.807) is 12.1 Å². The molecule has 1 N–H and O–H groups in total. The second kappa shape index (κ2) is 8.32. The fourth-order valence-corrected chi connectivity index (χ4v) is 7.61. The minimum Gasteiger partial charge on any atom is -0.207 e. The average molecular weight is 468 g/mol. The molecule has 5 rings (SSSR count). The third-order valence-electron chi connectivity index (χ3n) is 6.39. The van der Waals surface area contributed by atoms with Crippen LogP contribution < -0.4 is 4.72 Å². The minimum atomic E-state index is -3.71. The molecule has 0 radical (unpaired) electrons. The number of benzene rings is 3. The normalized spacial score (nSPS) is 15.9. The van der Waals surface area contributed by atoms with Crippen LogP contribution >= 0.6 is 11.8 Å². The van der Waals surface area contributed by atoms with Gasteiger partial charge in [-0.05, 0) is 77.6 Å². The smallest absolute Gasteiger partial charge is 0.207 e. The molecule has 0 bridgehead atoms. The fourth-order valence-electron chi connectivity index (χ4n) is 4.74. The van der Waals surface area contributed by atoms with Gasteiger partial charge in [-0.15, -0.1) is 0 Å². The topological polar surface area (TPSA) is 46.2 Å². The van der Waals surface area contributed by atoms with Crippen LogP contribution in [0.25, 0.3) is 0 Å². The predicted octanol–water partition coefficient (Wildman–Crippen LogP) is 5.64. The number of rotatable bonds is 4. The summed E-state index contributed by atoms with van der Waals surface area (Å²) >= 11 is 1.47. The first kappa shape index (κ1) is 21.7. The van der Waals surface area contributed by atoms with Gasteiger partial charge in [0, 0.05) is 15.8 Å². The summed E-state index contributed by atoms with van der Waals surface area (Å²) in [4.78, 5) is 2.10. The molecule has 0 amide bonds. The van der Waals surface area contributed by atoms with E-state index in [4.69, 9.17) is 0 Å². The molecule has 166 valence electrons. The summed E-state index contributed by atoms with van der Waals surface area (Å²) in [7, 11) is -3.71. The molecule has 0 aromatic heterocycles. The Kier molecular flexibility index (Phi) is 5.64. The maximum atomic E-state index is 13.9. The molecule has 1 heterocycles. The van der Waals surface area contributed by atoms with Crippen molar-refractivity contribution in [3.8, 4) is 0 Å². The Balaban J connectivity index is 1.51. The van der Waals surface area contributed by atoms with E-state index in [-0.39, 0.29) is 17.8 Å². The SMILES string of the molecule is CC(C)c1cc2c(cc1S(=O)(=O)NC1Cc3ccccc3C1)Sc1cc(F)ccc1CC2. The highest BCUT2D eigenvalue weighted by Crippen LogP contribution is 2.41. The summed E-state index contributed by atoms with van der Waals surface area (Å²) in [6.45, 7) is 4.06. The Morgan fingerprint density at radius 2 is 1.56 bits per heavy atom. The van der Waals surface area contributed by atoms with E-state index in [0.29, 0.717) is 17.7 Å². The Bertz CT molecular complexity index is 1280. The molecule has 3 aromatic carbocycles. The van der Waals surface area contributed by atoms with Crippen molar-refractivity contribution in [1.82, 2.24) is 4.72 Å². The van der Waals surface area contributed by atoms with Crippen LogP contribution in [0.5, 0.6) is 0 Å². The van der Waals surface area contributed by atoms with Gasteiger partial charge in [0.15, 0.2) is 0 Å². The Morgan fingerprint density at radius 1 is 0.906 bits per heavy atom. The van der Waals surface area contributed by atoms with E-state index < -0.39 is 10.0 Å². The molecule has 0 unspecified atom stereocenters. The monoisotopic (exact) mass is 467 g/mol. The standard InChI is InChI=1S/C26H26FNO2S2/c1-16(2)23-13-20-8-7-17-9-10-21(27)14-24(17)31-25(20)15-26(23)32(29,30)28-22-11-18-5-3-4-6-19(18)12-22/h3-6,9-10,13-16,22,28H,7-8,11-12H2,1-2H3. The van der Waals surface area contributed by atoms with E-state index in [0.717, 1.165) is 39.3 Å². The molecule has 1 aliphatic carbocycles. The summed E-state index contributed by atoms with van der Waals surface area (Å²) < 4.78 is 43.9. The summed E-state index contributed by atoms with van der Waals surface area (Å²) in [6, 6.07) is 16.7. The van der Waals surface area contributed by atoms with Crippen molar-refractivity contribution in [2.45, 2.75) is 66.2 Å². The molecule has 3 nitrogen and oxygen atoms in total. The molecule has 32 heavy (non-hydrogen) atoms. The lowest BCUT2D eigenvalue weighted by molar-refractivity contribution is 0.553. The molecular weight excluding hydrogens is 441 g/mol. The molecule has 2 aliphatic rings. The Morgan fingerprint density at radius 3 is 2.25 bits per heavy atom. The number of hydrogen-bond donors (Lipinski definition) is 1. The summed E-state index contributed by atoms with van der Waals surface area (Å²) in [6.07, 6.45) is 3.04. The van der Waals surface area contributed by atoms with Crippen molar-refractivity contribution in [2.75, 3.05) is 0 Å². The van der Waals surface area contributed by atoms with Gasteiger partial charge in [0.2, 0.25) is 10.0 Å². The van der Waals surface area contributed by atoms with Crippen molar-refractivity contribution < 1.29 is 12.8 Å². The van der Waals surface area contributed by atoms with Gasteiger partial charge in [0.25, 0.3) is 0 Å². The van der Waals surface area contributed by atoms with Crippen LogP contribution in [-0.4, -0.2) is 14.5 Å². The molecule has 0 saturated carbocycles. The van der Waals surface area contributed by atoms with Crippen LogP contribution in [0.4, 0.5) is 4.39 Å². The highest BCUT2D eigenvalue weighted by Gasteiger charge is 2.29. The second-order valence-corrected chi connectivity index (χ2v) is 11.8. The van der Waals surface area contributed by atoms with Crippen LogP contribution in [0.2, 0.25) is 0 Å². The van der Waals surface area contributed by atoms with Gasteiger partial charge in [0.05, 0.1) is 4.90 Å². The van der Waals surface area contributed by atoms with E-state index in [9.17, 15) is 12.8 Å². The fraction of sp³-hybridized carbons (Fsp3) is 0.308. The molecule has 3 aromatic rings. The molecule has 0 spiro atoms. The van der Waals surface area contributed by atoms with Crippen LogP contribution in [0, 0.1) is 5.82 Å². The van der Waals surface area contributed by atoms with Crippen molar-refractivity contribution in [3.63, 3.8) is 0 Å². The van der Waals surface area contributed by atoms with Gasteiger partial charge in [-0.1, -0.05) is 62.0 Å². The highest BCUT2D eigenvalue weighted by molar-refractivity contribution is 7.99. The first-order valence-corrected chi connectivity index (χ1v) is 13.3. The summed E-state index contributed by atoms with van der Waals surface area (Å²) in [5, 5.41) is 0. The van der Waals surface area contributed by atoms with Gasteiger partial charge < -0.3 is 0 Å². The molecule has 6 heteroatoms. The maximum Gasteiger partial charge on any atom is 0.241 e. The third-order valence-corrected chi connectivity index (χ3v) is 9.17. The number of sulfonamides is 1. The van der Waals surface area contributed by atoms with E-state index in [1.807, 2.05) is 38.1 Å². The zero-order chi connectivity index (χ0) is 22.5. The zero-order valence-electron chi connectivity index (χ0n) is 18.2. The van der Waals surface area contributed by atoms with Crippen molar-refractivity contribution in [1.29, 1.82) is 0 Å². The first-order valence-electron chi connectivity index (χ1n) is 11.0. The molecule has 1 aliphatic heterocycles. The second-order valence-electron chi connectivity index (χ2n) is 9.00. The minimum absolute atomic E-state index is 0.0701. The van der Waals surface area contributed by atoms with Crippen LogP contribution in [0.1, 0.15) is 47.6 Å². The van der Waals surface area contributed by atoms with Gasteiger partial charge in [0.1, 0.15) is 5.82 Å². The number of hydrogen-bond acceptors (Lipinski definition) is 3. The van der Waals surface area contributed by atoms with E-state index in [2.05, 4.69) is 16.9 Å². The number of nitrogens with one attached hydrogen (secondary N) is 1.